The summed E-state index contributed by atoms with van der Waals surface area (Å²) in [6.07, 6.45) is 7.88. The lowest BCUT2D eigenvalue weighted by molar-refractivity contribution is -0.130. The molecule has 1 saturated carbocycles. The van der Waals surface area contributed by atoms with Crippen molar-refractivity contribution in [1.82, 2.24) is 5.32 Å². The molecule has 0 aromatic rings. The van der Waals surface area contributed by atoms with Gasteiger partial charge in [0, 0.05) is 5.54 Å². The number of rotatable bonds is 5. The van der Waals surface area contributed by atoms with Gasteiger partial charge in [-0.2, -0.15) is 0 Å². The molecular weight excluding hydrogens is 256 g/mol. The predicted molar refractivity (Wildman–Crippen MR) is 84.1 cm³/mol. The third-order valence-electron chi connectivity index (χ3n) is 4.84. The maximum absolute atomic E-state index is 12.8. The Balaban J connectivity index is 2.92. The molecule has 1 aliphatic rings. The van der Waals surface area contributed by atoms with Gasteiger partial charge in [0.1, 0.15) is 0 Å². The molecule has 1 amide bonds. The van der Waals surface area contributed by atoms with Gasteiger partial charge in [-0.15, -0.1) is 0 Å². The highest BCUT2D eigenvalue weighted by Gasteiger charge is 2.43. The Kier molecular flexibility index (Phi) is 5.78. The van der Waals surface area contributed by atoms with Crippen LogP contribution in [-0.4, -0.2) is 16.4 Å². The van der Waals surface area contributed by atoms with Crippen molar-refractivity contribution in [3.63, 3.8) is 0 Å². The van der Waals surface area contributed by atoms with Crippen LogP contribution in [-0.2, 0) is 4.79 Å². The van der Waals surface area contributed by atoms with Crippen molar-refractivity contribution >= 4 is 23.1 Å². The third-order valence-corrected chi connectivity index (χ3v) is 5.23. The summed E-state index contributed by atoms with van der Waals surface area (Å²) in [7, 11) is 0. The van der Waals surface area contributed by atoms with E-state index in [2.05, 4.69) is 26.1 Å². The first-order valence-electron chi connectivity index (χ1n) is 7.53. The average Bonchev–Trinajstić information content (AvgIpc) is 2.65. The second kappa shape index (κ2) is 6.69. The molecule has 0 aliphatic heterocycles. The number of carbonyl (C=O) groups excluding carboxylic acids is 1. The van der Waals surface area contributed by atoms with Gasteiger partial charge in [-0.3, -0.25) is 4.79 Å². The molecule has 1 fully saturated rings. The molecule has 0 aromatic carbocycles. The van der Waals surface area contributed by atoms with Crippen LogP contribution in [0.2, 0.25) is 0 Å². The van der Waals surface area contributed by atoms with E-state index in [1.165, 1.54) is 12.8 Å². The monoisotopic (exact) mass is 284 g/mol. The highest BCUT2D eigenvalue weighted by Crippen LogP contribution is 2.36. The van der Waals surface area contributed by atoms with Gasteiger partial charge in [0.25, 0.3) is 0 Å². The fourth-order valence-electron chi connectivity index (χ4n) is 2.74. The number of nitrogens with two attached hydrogens (primary N) is 1. The lowest BCUT2D eigenvalue weighted by atomic mass is 9.78. The second-order valence-corrected chi connectivity index (χ2v) is 6.52. The molecule has 0 saturated heterocycles. The van der Waals surface area contributed by atoms with Crippen LogP contribution >= 0.6 is 12.2 Å². The number of carbonyl (C=O) groups is 1. The first kappa shape index (κ1) is 16.4. The Morgan fingerprint density at radius 3 is 2.05 bits per heavy atom. The lowest BCUT2D eigenvalue weighted by Crippen LogP contribution is -2.55. The smallest absolute Gasteiger partial charge is 0.233 e. The zero-order chi connectivity index (χ0) is 14.5. The molecule has 110 valence electrons. The summed E-state index contributed by atoms with van der Waals surface area (Å²) in [5, 5.41) is 3.21. The maximum Gasteiger partial charge on any atom is 0.233 e. The first-order chi connectivity index (χ1) is 8.90. The zero-order valence-corrected chi connectivity index (χ0v) is 13.4. The number of hydrogen-bond acceptors (Lipinski definition) is 2. The van der Waals surface area contributed by atoms with E-state index in [1.807, 2.05) is 0 Å². The van der Waals surface area contributed by atoms with Gasteiger partial charge in [0.15, 0.2) is 0 Å². The molecule has 1 aliphatic carbocycles. The Labute approximate surface area is 122 Å². The predicted octanol–water partition coefficient (Wildman–Crippen LogP) is 3.31. The van der Waals surface area contributed by atoms with Gasteiger partial charge in [-0.05, 0) is 32.6 Å². The molecule has 19 heavy (non-hydrogen) atoms. The Morgan fingerprint density at radius 1 is 1.21 bits per heavy atom. The number of thiocarbonyl (C=S) groups is 1. The fourth-order valence-corrected chi connectivity index (χ4v) is 3.03. The largest absolute Gasteiger partial charge is 0.392 e. The van der Waals surface area contributed by atoms with Crippen molar-refractivity contribution in [2.75, 3.05) is 0 Å². The van der Waals surface area contributed by atoms with Crippen LogP contribution in [0.3, 0.4) is 0 Å². The van der Waals surface area contributed by atoms with Crippen molar-refractivity contribution in [3.05, 3.63) is 0 Å². The van der Waals surface area contributed by atoms with Gasteiger partial charge in [-0.25, -0.2) is 0 Å². The summed E-state index contributed by atoms with van der Waals surface area (Å²) < 4.78 is 0. The molecule has 4 heteroatoms. The van der Waals surface area contributed by atoms with E-state index >= 15 is 0 Å². The number of amides is 1. The maximum atomic E-state index is 12.8. The van der Waals surface area contributed by atoms with Crippen LogP contribution in [0.15, 0.2) is 0 Å². The Morgan fingerprint density at radius 2 is 1.68 bits per heavy atom. The van der Waals surface area contributed by atoms with E-state index in [1.54, 1.807) is 0 Å². The number of hydrogen-bond donors (Lipinski definition) is 2. The Bertz CT molecular complexity index is 329. The second-order valence-electron chi connectivity index (χ2n) is 6.08. The summed E-state index contributed by atoms with van der Waals surface area (Å²) in [6.45, 7) is 6.30. The number of nitrogens with one attached hydrogen (secondary N) is 1. The molecule has 0 unspecified atom stereocenters. The SMILES string of the molecule is CCC(C)(CC)NC(=O)C1(C(N)=S)CCCCCC1. The summed E-state index contributed by atoms with van der Waals surface area (Å²) >= 11 is 5.24. The van der Waals surface area contributed by atoms with Crippen LogP contribution < -0.4 is 11.1 Å². The fraction of sp³-hybridized carbons (Fsp3) is 0.867. The van der Waals surface area contributed by atoms with Crippen molar-refractivity contribution in [3.8, 4) is 0 Å². The molecule has 0 aromatic heterocycles. The summed E-state index contributed by atoms with van der Waals surface area (Å²) in [6, 6.07) is 0. The summed E-state index contributed by atoms with van der Waals surface area (Å²) in [4.78, 5) is 13.1. The molecule has 1 rings (SSSR count). The van der Waals surface area contributed by atoms with Crippen molar-refractivity contribution < 1.29 is 4.79 Å². The van der Waals surface area contributed by atoms with Crippen molar-refractivity contribution in [1.29, 1.82) is 0 Å². The van der Waals surface area contributed by atoms with Gasteiger partial charge in [0.05, 0.1) is 10.4 Å². The van der Waals surface area contributed by atoms with Crippen LogP contribution in [0.5, 0.6) is 0 Å². The zero-order valence-electron chi connectivity index (χ0n) is 12.6. The van der Waals surface area contributed by atoms with Crippen molar-refractivity contribution in [2.45, 2.75) is 77.7 Å². The molecule has 0 heterocycles. The third kappa shape index (κ3) is 3.68. The van der Waals surface area contributed by atoms with E-state index in [0.717, 1.165) is 38.5 Å². The van der Waals surface area contributed by atoms with Crippen molar-refractivity contribution in [2.24, 2.45) is 11.1 Å². The highest BCUT2D eigenvalue weighted by molar-refractivity contribution is 7.80. The normalized spacial score (nSPS) is 19.5. The quantitative estimate of drug-likeness (QED) is 0.601. The molecular formula is C15H28N2OS. The van der Waals surface area contributed by atoms with Crippen LogP contribution in [0, 0.1) is 5.41 Å². The lowest BCUT2D eigenvalue weighted by Gasteiger charge is -2.36. The van der Waals surface area contributed by atoms with Crippen LogP contribution in [0.4, 0.5) is 0 Å². The molecule has 3 nitrogen and oxygen atoms in total. The molecule has 0 atom stereocenters. The van der Waals surface area contributed by atoms with E-state index in [9.17, 15) is 4.79 Å². The highest BCUT2D eigenvalue weighted by atomic mass is 32.1. The van der Waals surface area contributed by atoms with E-state index < -0.39 is 5.41 Å². The Hall–Kier alpha value is -0.640. The van der Waals surface area contributed by atoms with Gasteiger partial charge >= 0.3 is 0 Å². The standard InChI is InChI=1S/C15H28N2OS/c1-4-14(3,5-2)17-13(18)15(12(16)19)10-8-6-7-9-11-15/h4-11H2,1-3H3,(H2,16,19)(H,17,18). The molecule has 0 bridgehead atoms. The first-order valence-corrected chi connectivity index (χ1v) is 7.93. The molecule has 3 N–H and O–H groups in total. The van der Waals surface area contributed by atoms with Gasteiger partial charge in [0.2, 0.25) is 5.91 Å². The van der Waals surface area contributed by atoms with Gasteiger partial charge < -0.3 is 11.1 Å². The molecule has 0 spiro atoms. The van der Waals surface area contributed by atoms with E-state index in [-0.39, 0.29) is 11.4 Å². The minimum atomic E-state index is -0.614. The van der Waals surface area contributed by atoms with Crippen LogP contribution in [0.25, 0.3) is 0 Å². The minimum absolute atomic E-state index is 0.0492. The van der Waals surface area contributed by atoms with E-state index in [4.69, 9.17) is 18.0 Å². The average molecular weight is 284 g/mol. The van der Waals surface area contributed by atoms with Crippen LogP contribution in [0.1, 0.15) is 72.1 Å². The molecule has 0 radical (unpaired) electrons. The minimum Gasteiger partial charge on any atom is -0.392 e. The topological polar surface area (TPSA) is 55.1 Å². The van der Waals surface area contributed by atoms with E-state index in [0.29, 0.717) is 4.99 Å². The van der Waals surface area contributed by atoms with Gasteiger partial charge in [-0.1, -0.05) is 51.7 Å². The summed E-state index contributed by atoms with van der Waals surface area (Å²) in [5.41, 5.74) is 5.18. The summed E-state index contributed by atoms with van der Waals surface area (Å²) in [5.74, 6) is 0.0492.